The van der Waals surface area contributed by atoms with Crippen LogP contribution in [-0.2, 0) is 4.74 Å². The van der Waals surface area contributed by atoms with E-state index in [1.165, 1.54) is 0 Å². The minimum atomic E-state index is 0.569. The molecule has 50 valence electrons. The number of hydrogen-bond acceptors (Lipinski definition) is 2. The molecule has 0 heterocycles. The Bertz CT molecular complexity index is 147. The molecule has 0 aromatic carbocycles. The zero-order valence-corrected chi connectivity index (χ0v) is 5.85. The first kappa shape index (κ1) is 7.95. The molecule has 2 heteroatoms. The van der Waals surface area contributed by atoms with Gasteiger partial charge in [-0.15, -0.1) is 0 Å². The molecule has 0 aromatic heterocycles. The van der Waals surface area contributed by atoms with Gasteiger partial charge in [-0.25, -0.2) is 0 Å². The third kappa shape index (κ3) is 2.13. The first-order chi connectivity index (χ1) is 4.26. The Kier molecular flexibility index (Phi) is 3.44. The van der Waals surface area contributed by atoms with Gasteiger partial charge in [0.15, 0.2) is 0 Å². The summed E-state index contributed by atoms with van der Waals surface area (Å²) in [5.74, 6) is 0.671. The highest BCUT2D eigenvalue weighted by atomic mass is 16.5. The Morgan fingerprint density at radius 3 is 2.33 bits per heavy atom. The molecule has 2 nitrogen and oxygen atoms in total. The molecule has 0 aromatic rings. The van der Waals surface area contributed by atoms with Crippen LogP contribution >= 0.6 is 0 Å². The van der Waals surface area contributed by atoms with E-state index in [4.69, 9.17) is 4.74 Å². The van der Waals surface area contributed by atoms with Crippen molar-refractivity contribution in [2.45, 2.75) is 6.92 Å². The lowest BCUT2D eigenvalue weighted by atomic mass is 10.4. The quantitative estimate of drug-likeness (QED) is 0.320. The molecule has 0 radical (unpaired) electrons. The van der Waals surface area contributed by atoms with Crippen LogP contribution in [-0.4, -0.2) is 13.8 Å². The fraction of sp³-hybridized carbons (Fsp3) is 0.286. The van der Waals surface area contributed by atoms with Crippen molar-refractivity contribution in [3.05, 3.63) is 24.1 Å². The molecule has 0 bridgehead atoms. The lowest BCUT2D eigenvalue weighted by Gasteiger charge is -2.01. The van der Waals surface area contributed by atoms with E-state index in [9.17, 15) is 0 Å². The first-order valence-electron chi connectivity index (χ1n) is 2.62. The van der Waals surface area contributed by atoms with E-state index in [-0.39, 0.29) is 0 Å². The summed E-state index contributed by atoms with van der Waals surface area (Å²) < 4.78 is 4.88. The minimum Gasteiger partial charge on any atom is -0.495 e. The van der Waals surface area contributed by atoms with Crippen LogP contribution in [0.4, 0.5) is 0 Å². The van der Waals surface area contributed by atoms with Gasteiger partial charge >= 0.3 is 0 Å². The Hall–Kier alpha value is -1.05. The molecule has 0 aliphatic carbocycles. The van der Waals surface area contributed by atoms with Crippen molar-refractivity contribution in [1.29, 1.82) is 0 Å². The highest BCUT2D eigenvalue weighted by molar-refractivity contribution is 5.34. The summed E-state index contributed by atoms with van der Waals surface area (Å²) in [5.41, 5.74) is 0.569. The number of nitrogens with zero attached hydrogens (tertiary/aromatic N) is 1. The van der Waals surface area contributed by atoms with Gasteiger partial charge in [-0.2, -0.15) is 0 Å². The van der Waals surface area contributed by atoms with Crippen LogP contribution in [0.3, 0.4) is 0 Å². The van der Waals surface area contributed by atoms with Crippen molar-refractivity contribution in [3.63, 3.8) is 0 Å². The smallest absolute Gasteiger partial charge is 0.139 e. The molecule has 9 heavy (non-hydrogen) atoms. The third-order valence-electron chi connectivity index (χ3n) is 0.957. The summed E-state index contributed by atoms with van der Waals surface area (Å²) in [5, 5.41) is 0. The summed E-state index contributed by atoms with van der Waals surface area (Å²) in [6, 6.07) is 0. The molecule has 0 amide bonds. The average molecular weight is 125 g/mol. The zero-order valence-electron chi connectivity index (χ0n) is 5.85. The van der Waals surface area contributed by atoms with Crippen molar-refractivity contribution >= 4 is 6.72 Å². The molecule has 0 saturated carbocycles. The normalized spacial score (nSPS) is 10.7. The standard InChI is InChI=1S/C7H11NO/c1-5-7(9-4)6(2)8-3/h5H,2-3H2,1,4H3/b7-5+. The van der Waals surface area contributed by atoms with Crippen molar-refractivity contribution in [2.24, 2.45) is 4.99 Å². The second-order valence-electron chi connectivity index (χ2n) is 1.46. The largest absolute Gasteiger partial charge is 0.495 e. The van der Waals surface area contributed by atoms with Crippen molar-refractivity contribution < 1.29 is 4.74 Å². The molecule has 0 unspecified atom stereocenters. The fourth-order valence-electron chi connectivity index (χ4n) is 0.480. The topological polar surface area (TPSA) is 21.6 Å². The maximum absolute atomic E-state index is 4.88. The van der Waals surface area contributed by atoms with Crippen LogP contribution in [0.2, 0.25) is 0 Å². The van der Waals surface area contributed by atoms with E-state index in [1.807, 2.05) is 6.92 Å². The molecule has 0 rings (SSSR count). The summed E-state index contributed by atoms with van der Waals surface area (Å²) >= 11 is 0. The monoisotopic (exact) mass is 125 g/mol. The van der Waals surface area contributed by atoms with Crippen LogP contribution in [0, 0.1) is 0 Å². The maximum atomic E-state index is 4.88. The molecule has 0 N–H and O–H groups in total. The van der Waals surface area contributed by atoms with Gasteiger partial charge in [0.05, 0.1) is 12.8 Å². The minimum absolute atomic E-state index is 0.569. The van der Waals surface area contributed by atoms with Crippen LogP contribution < -0.4 is 0 Å². The van der Waals surface area contributed by atoms with E-state index in [0.717, 1.165) is 0 Å². The van der Waals surface area contributed by atoms with Gasteiger partial charge in [-0.1, -0.05) is 6.58 Å². The molecular formula is C7H11NO. The summed E-state index contributed by atoms with van der Waals surface area (Å²) in [4.78, 5) is 3.59. The summed E-state index contributed by atoms with van der Waals surface area (Å²) in [6.45, 7) is 8.76. The van der Waals surface area contributed by atoms with E-state index in [0.29, 0.717) is 11.5 Å². The molecule has 0 fully saturated rings. The van der Waals surface area contributed by atoms with Gasteiger partial charge in [0.25, 0.3) is 0 Å². The van der Waals surface area contributed by atoms with Crippen molar-refractivity contribution in [1.82, 2.24) is 0 Å². The Morgan fingerprint density at radius 1 is 1.67 bits per heavy atom. The number of methoxy groups -OCH3 is 1. The zero-order chi connectivity index (χ0) is 7.28. The summed E-state index contributed by atoms with van der Waals surface area (Å²) in [6.07, 6.45) is 1.79. The van der Waals surface area contributed by atoms with Crippen molar-refractivity contribution in [2.75, 3.05) is 7.11 Å². The fourth-order valence-corrected chi connectivity index (χ4v) is 0.480. The molecular weight excluding hydrogens is 114 g/mol. The molecule has 0 aliphatic rings. The maximum Gasteiger partial charge on any atom is 0.139 e. The highest BCUT2D eigenvalue weighted by Crippen LogP contribution is 2.07. The van der Waals surface area contributed by atoms with E-state index < -0.39 is 0 Å². The van der Waals surface area contributed by atoms with Crippen molar-refractivity contribution in [3.8, 4) is 0 Å². The van der Waals surface area contributed by atoms with Gasteiger partial charge < -0.3 is 4.74 Å². The number of rotatable bonds is 3. The second-order valence-corrected chi connectivity index (χ2v) is 1.46. The lowest BCUT2D eigenvalue weighted by Crippen LogP contribution is -1.86. The Balaban J connectivity index is 4.13. The average Bonchev–Trinajstić information content (AvgIpc) is 1.90. The SMILES string of the molecule is C=NC(=C)/C(=C\C)OC. The van der Waals surface area contributed by atoms with Gasteiger partial charge in [-0.05, 0) is 19.7 Å². The number of aliphatic imine (C=N–C) groups is 1. The van der Waals surface area contributed by atoms with E-state index >= 15 is 0 Å². The molecule has 0 aliphatic heterocycles. The Labute approximate surface area is 55.6 Å². The predicted octanol–water partition coefficient (Wildman–Crippen LogP) is 1.75. The van der Waals surface area contributed by atoms with E-state index in [1.54, 1.807) is 13.2 Å². The lowest BCUT2D eigenvalue weighted by molar-refractivity contribution is 0.299. The van der Waals surface area contributed by atoms with Gasteiger partial charge in [0.2, 0.25) is 0 Å². The number of ether oxygens (including phenoxy) is 1. The number of allylic oxidation sites excluding steroid dienone is 1. The van der Waals surface area contributed by atoms with Gasteiger partial charge in [-0.3, -0.25) is 4.99 Å². The molecule has 0 atom stereocenters. The Morgan fingerprint density at radius 2 is 2.22 bits per heavy atom. The second kappa shape index (κ2) is 3.89. The van der Waals surface area contributed by atoms with Crippen LogP contribution in [0.25, 0.3) is 0 Å². The summed E-state index contributed by atoms with van der Waals surface area (Å²) in [7, 11) is 1.58. The van der Waals surface area contributed by atoms with Gasteiger partial charge in [0, 0.05) is 0 Å². The van der Waals surface area contributed by atoms with Crippen LogP contribution in [0.1, 0.15) is 6.92 Å². The first-order valence-corrected chi connectivity index (χ1v) is 2.62. The number of hydrogen-bond donors (Lipinski definition) is 0. The third-order valence-corrected chi connectivity index (χ3v) is 0.957. The molecule has 0 spiro atoms. The van der Waals surface area contributed by atoms with E-state index in [2.05, 4.69) is 18.3 Å². The highest BCUT2D eigenvalue weighted by Gasteiger charge is 1.94. The van der Waals surface area contributed by atoms with Crippen LogP contribution in [0.5, 0.6) is 0 Å². The van der Waals surface area contributed by atoms with Crippen LogP contribution in [0.15, 0.2) is 29.1 Å². The van der Waals surface area contributed by atoms with Gasteiger partial charge in [0.1, 0.15) is 5.76 Å². The molecule has 0 saturated heterocycles. The predicted molar refractivity (Wildman–Crippen MR) is 39.5 cm³/mol.